The number of ether oxygens (including phenoxy) is 1. The number of hydrogen-bond donors (Lipinski definition) is 1. The van der Waals surface area contributed by atoms with Gasteiger partial charge in [-0.2, -0.15) is 0 Å². The van der Waals surface area contributed by atoms with Crippen molar-refractivity contribution < 1.29 is 14.3 Å². The summed E-state index contributed by atoms with van der Waals surface area (Å²) in [5, 5.41) is 3.61. The third kappa shape index (κ3) is 3.00. The Balaban J connectivity index is 2.16. The van der Waals surface area contributed by atoms with Crippen LogP contribution in [0.1, 0.15) is 10.4 Å². The minimum Gasteiger partial charge on any atom is -0.383 e. The Morgan fingerprint density at radius 3 is 2.95 bits per heavy atom. The molecule has 0 aliphatic carbocycles. The van der Waals surface area contributed by atoms with Gasteiger partial charge in [-0.25, -0.2) is 0 Å². The molecule has 2 aromatic rings. The predicted molar refractivity (Wildman–Crippen MR) is 72.2 cm³/mol. The second kappa shape index (κ2) is 6.15. The van der Waals surface area contributed by atoms with Crippen molar-refractivity contribution in [1.29, 1.82) is 0 Å². The van der Waals surface area contributed by atoms with Gasteiger partial charge in [0.15, 0.2) is 6.29 Å². The van der Waals surface area contributed by atoms with Gasteiger partial charge in [-0.15, -0.1) is 0 Å². The summed E-state index contributed by atoms with van der Waals surface area (Å²) >= 11 is 0. The van der Waals surface area contributed by atoms with Gasteiger partial charge in [0.1, 0.15) is 6.54 Å². The Bertz CT molecular complexity index is 589. The highest BCUT2D eigenvalue weighted by atomic mass is 16.5. The van der Waals surface area contributed by atoms with E-state index in [2.05, 4.69) is 5.32 Å². The Morgan fingerprint density at radius 2 is 2.21 bits per heavy atom. The molecule has 100 valence electrons. The largest absolute Gasteiger partial charge is 0.383 e. The minimum atomic E-state index is -0.102. The normalized spacial score (nSPS) is 10.6. The molecule has 0 unspecified atom stereocenters. The molecular weight excluding hydrogens is 244 g/mol. The van der Waals surface area contributed by atoms with Crippen LogP contribution < -0.4 is 5.32 Å². The van der Waals surface area contributed by atoms with E-state index in [-0.39, 0.29) is 12.5 Å². The van der Waals surface area contributed by atoms with E-state index in [1.54, 1.807) is 17.9 Å². The van der Waals surface area contributed by atoms with Crippen LogP contribution in [0.4, 0.5) is 0 Å². The lowest BCUT2D eigenvalue weighted by Crippen LogP contribution is -2.30. The first kappa shape index (κ1) is 13.3. The summed E-state index contributed by atoms with van der Waals surface area (Å²) in [6.07, 6.45) is 2.51. The molecular formula is C14H16N2O3. The predicted octanol–water partition coefficient (Wildman–Crippen LogP) is 1.22. The first-order valence-electron chi connectivity index (χ1n) is 6.05. The van der Waals surface area contributed by atoms with Gasteiger partial charge in [0.25, 0.3) is 0 Å². The maximum atomic E-state index is 11.8. The number of aldehydes is 1. The van der Waals surface area contributed by atoms with E-state index in [0.717, 1.165) is 17.2 Å². The van der Waals surface area contributed by atoms with Crippen LogP contribution >= 0.6 is 0 Å². The number of rotatable bonds is 6. The quantitative estimate of drug-likeness (QED) is 0.627. The van der Waals surface area contributed by atoms with Crippen LogP contribution in [-0.2, 0) is 16.1 Å². The lowest BCUT2D eigenvalue weighted by atomic mass is 10.2. The Hall–Kier alpha value is -2.14. The highest BCUT2D eigenvalue weighted by Crippen LogP contribution is 2.19. The molecule has 1 aromatic heterocycles. The van der Waals surface area contributed by atoms with Crippen LogP contribution in [0.2, 0.25) is 0 Å². The van der Waals surface area contributed by atoms with Crippen LogP contribution in [0.25, 0.3) is 10.9 Å². The van der Waals surface area contributed by atoms with Crippen molar-refractivity contribution in [2.45, 2.75) is 6.54 Å². The Labute approximate surface area is 111 Å². The van der Waals surface area contributed by atoms with E-state index in [1.807, 2.05) is 24.3 Å². The molecule has 0 bridgehead atoms. The number of carbonyl (C=O) groups excluding carboxylic acids is 2. The highest BCUT2D eigenvalue weighted by molar-refractivity contribution is 5.98. The van der Waals surface area contributed by atoms with Gasteiger partial charge < -0.3 is 14.6 Å². The fraction of sp³-hybridized carbons (Fsp3) is 0.286. The van der Waals surface area contributed by atoms with Crippen LogP contribution in [0.15, 0.2) is 30.5 Å². The van der Waals surface area contributed by atoms with Crippen LogP contribution in [0.3, 0.4) is 0 Å². The van der Waals surface area contributed by atoms with Crippen LogP contribution in [0, 0.1) is 0 Å². The standard InChI is InChI=1S/C14H16N2O3/c1-19-7-6-15-14(18)9-16-8-11(10-17)12-4-2-3-5-13(12)16/h2-5,8,10H,6-7,9H2,1H3,(H,15,18). The van der Waals surface area contributed by atoms with Crippen molar-refractivity contribution in [3.8, 4) is 0 Å². The number of hydrogen-bond acceptors (Lipinski definition) is 3. The number of fused-ring (bicyclic) bond motifs is 1. The van der Waals surface area contributed by atoms with Crippen molar-refractivity contribution in [2.24, 2.45) is 0 Å². The third-order valence-electron chi connectivity index (χ3n) is 2.89. The minimum absolute atomic E-state index is 0.102. The molecule has 1 N–H and O–H groups in total. The monoisotopic (exact) mass is 260 g/mol. The van der Waals surface area contributed by atoms with E-state index >= 15 is 0 Å². The SMILES string of the molecule is COCCNC(=O)Cn1cc(C=O)c2ccccc21. The van der Waals surface area contributed by atoms with Crippen LogP contribution in [-0.4, -0.2) is 37.0 Å². The molecule has 5 nitrogen and oxygen atoms in total. The number of para-hydroxylation sites is 1. The van der Waals surface area contributed by atoms with Gasteiger partial charge in [-0.1, -0.05) is 18.2 Å². The third-order valence-corrected chi connectivity index (χ3v) is 2.89. The summed E-state index contributed by atoms with van der Waals surface area (Å²) in [4.78, 5) is 22.8. The lowest BCUT2D eigenvalue weighted by molar-refractivity contribution is -0.121. The Morgan fingerprint density at radius 1 is 1.42 bits per heavy atom. The summed E-state index contributed by atoms with van der Waals surface area (Å²) in [6, 6.07) is 7.53. The van der Waals surface area contributed by atoms with E-state index in [4.69, 9.17) is 4.74 Å². The van der Waals surface area contributed by atoms with E-state index < -0.39 is 0 Å². The molecule has 0 aliphatic rings. The maximum absolute atomic E-state index is 11.8. The van der Waals surface area contributed by atoms with Gasteiger partial charge in [0, 0.05) is 36.3 Å². The van der Waals surface area contributed by atoms with Gasteiger partial charge >= 0.3 is 0 Å². The molecule has 0 spiro atoms. The first-order valence-corrected chi connectivity index (χ1v) is 6.05. The van der Waals surface area contributed by atoms with Gasteiger partial charge in [-0.05, 0) is 6.07 Å². The van der Waals surface area contributed by atoms with E-state index in [1.165, 1.54) is 0 Å². The summed E-state index contributed by atoms with van der Waals surface area (Å²) in [5.41, 5.74) is 1.48. The van der Waals surface area contributed by atoms with Gasteiger partial charge in [-0.3, -0.25) is 9.59 Å². The van der Waals surface area contributed by atoms with Crippen molar-refractivity contribution >= 4 is 23.1 Å². The number of nitrogens with zero attached hydrogens (tertiary/aromatic N) is 1. The lowest BCUT2D eigenvalue weighted by Gasteiger charge is -2.06. The van der Waals surface area contributed by atoms with E-state index in [0.29, 0.717) is 18.7 Å². The molecule has 19 heavy (non-hydrogen) atoms. The Kier molecular flexibility index (Phi) is 4.30. The summed E-state index contributed by atoms with van der Waals surface area (Å²) in [7, 11) is 1.59. The molecule has 0 radical (unpaired) electrons. The fourth-order valence-corrected chi connectivity index (χ4v) is 2.00. The average molecular weight is 260 g/mol. The summed E-state index contributed by atoms with van der Waals surface area (Å²) < 4.78 is 6.65. The zero-order chi connectivity index (χ0) is 13.7. The molecule has 1 amide bonds. The summed E-state index contributed by atoms with van der Waals surface area (Å²) in [5.74, 6) is -0.102. The number of carbonyl (C=O) groups is 2. The van der Waals surface area contributed by atoms with E-state index in [9.17, 15) is 9.59 Å². The summed E-state index contributed by atoms with van der Waals surface area (Å²) in [6.45, 7) is 1.16. The first-order chi connectivity index (χ1) is 9.26. The highest BCUT2D eigenvalue weighted by Gasteiger charge is 2.09. The molecule has 0 fully saturated rings. The van der Waals surface area contributed by atoms with Gasteiger partial charge in [0.2, 0.25) is 5.91 Å². The van der Waals surface area contributed by atoms with Crippen LogP contribution in [0.5, 0.6) is 0 Å². The molecule has 1 heterocycles. The number of methoxy groups -OCH3 is 1. The van der Waals surface area contributed by atoms with Crippen molar-refractivity contribution in [3.63, 3.8) is 0 Å². The van der Waals surface area contributed by atoms with Crippen molar-refractivity contribution in [1.82, 2.24) is 9.88 Å². The molecule has 0 saturated carbocycles. The average Bonchev–Trinajstić information content (AvgIpc) is 2.77. The molecule has 0 atom stereocenters. The smallest absolute Gasteiger partial charge is 0.240 e. The van der Waals surface area contributed by atoms with Crippen molar-refractivity contribution in [3.05, 3.63) is 36.0 Å². The zero-order valence-electron chi connectivity index (χ0n) is 10.8. The molecule has 2 rings (SSSR count). The fourth-order valence-electron chi connectivity index (χ4n) is 2.00. The molecule has 5 heteroatoms. The topological polar surface area (TPSA) is 60.3 Å². The second-order valence-corrected chi connectivity index (χ2v) is 4.19. The number of benzene rings is 1. The van der Waals surface area contributed by atoms with Crippen molar-refractivity contribution in [2.75, 3.05) is 20.3 Å². The molecule has 0 aliphatic heterocycles. The zero-order valence-corrected chi connectivity index (χ0v) is 10.8. The second-order valence-electron chi connectivity index (χ2n) is 4.19. The number of amides is 1. The molecule has 1 aromatic carbocycles. The number of nitrogens with one attached hydrogen (secondary N) is 1. The van der Waals surface area contributed by atoms with Gasteiger partial charge in [0.05, 0.1) is 6.61 Å². The molecule has 0 saturated heterocycles. The number of aromatic nitrogens is 1. The maximum Gasteiger partial charge on any atom is 0.240 e.